The summed E-state index contributed by atoms with van der Waals surface area (Å²) >= 11 is 0. The van der Waals surface area contributed by atoms with Gasteiger partial charge in [-0.3, -0.25) is 0 Å². The molecule has 0 saturated carbocycles. The van der Waals surface area contributed by atoms with Gasteiger partial charge in [0.25, 0.3) is 0 Å². The molecule has 0 amide bonds. The lowest BCUT2D eigenvalue weighted by atomic mass is 9.94. The molecule has 0 aromatic rings. The van der Waals surface area contributed by atoms with E-state index in [0.717, 1.165) is 38.8 Å². The van der Waals surface area contributed by atoms with Gasteiger partial charge in [-0.05, 0) is 25.2 Å². The highest BCUT2D eigenvalue weighted by atomic mass is 16.5. The van der Waals surface area contributed by atoms with Crippen molar-refractivity contribution in [3.05, 3.63) is 0 Å². The van der Waals surface area contributed by atoms with E-state index in [9.17, 15) is 0 Å². The molecule has 0 aromatic carbocycles. The lowest BCUT2D eigenvalue weighted by Gasteiger charge is -2.27. The summed E-state index contributed by atoms with van der Waals surface area (Å²) in [5.41, 5.74) is 0. The molecule has 0 aliphatic carbocycles. The van der Waals surface area contributed by atoms with Crippen LogP contribution < -0.4 is 5.32 Å². The largest absolute Gasteiger partial charge is 0.381 e. The maximum absolute atomic E-state index is 5.68. The highest BCUT2D eigenvalue weighted by Crippen LogP contribution is 2.20. The SMILES string of the molecule is C(CCC1CCOCC1)COC1CNC1. The molecule has 2 heterocycles. The molecule has 2 rings (SSSR count). The van der Waals surface area contributed by atoms with Crippen LogP contribution in [0.4, 0.5) is 0 Å². The Bertz CT molecular complexity index is 165. The van der Waals surface area contributed by atoms with E-state index in [-0.39, 0.29) is 0 Å². The van der Waals surface area contributed by atoms with Crippen LogP contribution >= 0.6 is 0 Å². The molecular weight excluding hydrogens is 190 g/mol. The molecule has 3 nitrogen and oxygen atoms in total. The average molecular weight is 213 g/mol. The highest BCUT2D eigenvalue weighted by Gasteiger charge is 2.16. The third-order valence-electron chi connectivity index (χ3n) is 3.45. The molecule has 2 aliphatic heterocycles. The van der Waals surface area contributed by atoms with Crippen molar-refractivity contribution in [3.63, 3.8) is 0 Å². The average Bonchev–Trinajstić information content (AvgIpc) is 2.22. The first-order valence-electron chi connectivity index (χ1n) is 6.35. The molecule has 0 spiro atoms. The molecule has 0 bridgehead atoms. The third-order valence-corrected chi connectivity index (χ3v) is 3.45. The summed E-state index contributed by atoms with van der Waals surface area (Å²) in [7, 11) is 0. The van der Waals surface area contributed by atoms with Crippen molar-refractivity contribution in [3.8, 4) is 0 Å². The second kappa shape index (κ2) is 6.46. The van der Waals surface area contributed by atoms with Gasteiger partial charge in [-0.2, -0.15) is 0 Å². The zero-order chi connectivity index (χ0) is 10.3. The summed E-state index contributed by atoms with van der Waals surface area (Å²) in [5, 5.41) is 3.21. The van der Waals surface area contributed by atoms with Crippen LogP contribution in [0.2, 0.25) is 0 Å². The van der Waals surface area contributed by atoms with Crippen molar-refractivity contribution in [2.75, 3.05) is 32.9 Å². The number of rotatable bonds is 6. The fourth-order valence-electron chi connectivity index (χ4n) is 2.20. The van der Waals surface area contributed by atoms with Gasteiger partial charge in [0, 0.05) is 32.9 Å². The highest BCUT2D eigenvalue weighted by molar-refractivity contribution is 4.74. The van der Waals surface area contributed by atoms with Crippen LogP contribution in [0.3, 0.4) is 0 Å². The Kier molecular flexibility index (Phi) is 4.90. The van der Waals surface area contributed by atoms with E-state index in [1.165, 1.54) is 32.1 Å². The zero-order valence-electron chi connectivity index (χ0n) is 9.54. The van der Waals surface area contributed by atoms with Gasteiger partial charge >= 0.3 is 0 Å². The molecule has 0 aromatic heterocycles. The van der Waals surface area contributed by atoms with Crippen molar-refractivity contribution in [2.24, 2.45) is 5.92 Å². The van der Waals surface area contributed by atoms with Gasteiger partial charge in [0.15, 0.2) is 0 Å². The Morgan fingerprint density at radius 2 is 1.93 bits per heavy atom. The van der Waals surface area contributed by atoms with Gasteiger partial charge in [0.2, 0.25) is 0 Å². The second-order valence-corrected chi connectivity index (χ2v) is 4.70. The molecule has 1 N–H and O–H groups in total. The summed E-state index contributed by atoms with van der Waals surface area (Å²) in [6.45, 7) is 5.03. The molecule has 3 heteroatoms. The first-order valence-corrected chi connectivity index (χ1v) is 6.35. The normalized spacial score (nSPS) is 24.0. The smallest absolute Gasteiger partial charge is 0.0823 e. The Hall–Kier alpha value is -0.120. The molecule has 0 atom stereocenters. The predicted molar refractivity (Wildman–Crippen MR) is 60.0 cm³/mol. The second-order valence-electron chi connectivity index (χ2n) is 4.70. The summed E-state index contributed by atoms with van der Waals surface area (Å²) < 4.78 is 11.0. The lowest BCUT2D eigenvalue weighted by Crippen LogP contribution is -2.48. The third kappa shape index (κ3) is 4.09. The molecule has 0 radical (unpaired) electrons. The Morgan fingerprint density at radius 3 is 2.60 bits per heavy atom. The van der Waals surface area contributed by atoms with E-state index in [0.29, 0.717) is 6.10 Å². The first kappa shape index (κ1) is 11.4. The van der Waals surface area contributed by atoms with Crippen molar-refractivity contribution in [1.29, 1.82) is 0 Å². The van der Waals surface area contributed by atoms with Gasteiger partial charge in [-0.15, -0.1) is 0 Å². The van der Waals surface area contributed by atoms with Crippen molar-refractivity contribution < 1.29 is 9.47 Å². The zero-order valence-corrected chi connectivity index (χ0v) is 9.54. The maximum atomic E-state index is 5.68. The molecule has 2 fully saturated rings. The predicted octanol–water partition coefficient (Wildman–Crippen LogP) is 1.57. The Balaban J connectivity index is 1.40. The van der Waals surface area contributed by atoms with Crippen molar-refractivity contribution in [1.82, 2.24) is 5.32 Å². The molecule has 2 saturated heterocycles. The Labute approximate surface area is 92.5 Å². The Morgan fingerprint density at radius 1 is 1.13 bits per heavy atom. The minimum Gasteiger partial charge on any atom is -0.381 e. The minimum absolute atomic E-state index is 0.507. The van der Waals surface area contributed by atoms with E-state index >= 15 is 0 Å². The summed E-state index contributed by atoms with van der Waals surface area (Å²) in [4.78, 5) is 0. The van der Waals surface area contributed by atoms with Crippen molar-refractivity contribution >= 4 is 0 Å². The molecule has 88 valence electrons. The quantitative estimate of drug-likeness (QED) is 0.679. The summed E-state index contributed by atoms with van der Waals surface area (Å²) in [6, 6.07) is 0. The fourth-order valence-corrected chi connectivity index (χ4v) is 2.20. The standard InChI is InChI=1S/C12H23NO2/c1(2-6-15-12-9-13-10-12)3-11-4-7-14-8-5-11/h11-13H,1-10H2. The van der Waals surface area contributed by atoms with Gasteiger partial charge in [0.05, 0.1) is 6.10 Å². The number of ether oxygens (including phenoxy) is 2. The topological polar surface area (TPSA) is 30.5 Å². The van der Waals surface area contributed by atoms with E-state index < -0.39 is 0 Å². The fraction of sp³-hybridized carbons (Fsp3) is 1.00. The van der Waals surface area contributed by atoms with E-state index in [2.05, 4.69) is 5.32 Å². The maximum Gasteiger partial charge on any atom is 0.0823 e. The lowest BCUT2D eigenvalue weighted by molar-refractivity contribution is 0.0154. The van der Waals surface area contributed by atoms with Crippen LogP contribution in [0, 0.1) is 5.92 Å². The van der Waals surface area contributed by atoms with Crippen LogP contribution in [-0.2, 0) is 9.47 Å². The first-order chi connectivity index (χ1) is 7.45. The van der Waals surface area contributed by atoms with E-state index in [1.54, 1.807) is 0 Å². The molecule has 15 heavy (non-hydrogen) atoms. The van der Waals surface area contributed by atoms with Crippen molar-refractivity contribution in [2.45, 2.75) is 38.2 Å². The van der Waals surface area contributed by atoms with Crippen LogP contribution in [-0.4, -0.2) is 39.0 Å². The van der Waals surface area contributed by atoms with E-state index in [4.69, 9.17) is 9.47 Å². The van der Waals surface area contributed by atoms with Crippen LogP contribution in [0.25, 0.3) is 0 Å². The van der Waals surface area contributed by atoms with Crippen LogP contribution in [0.5, 0.6) is 0 Å². The number of hydrogen-bond donors (Lipinski definition) is 1. The molecule has 2 aliphatic rings. The number of nitrogens with one attached hydrogen (secondary N) is 1. The van der Waals surface area contributed by atoms with Gasteiger partial charge < -0.3 is 14.8 Å². The number of unbranched alkanes of at least 4 members (excludes halogenated alkanes) is 1. The van der Waals surface area contributed by atoms with Gasteiger partial charge in [-0.1, -0.05) is 12.8 Å². The van der Waals surface area contributed by atoms with Crippen LogP contribution in [0.15, 0.2) is 0 Å². The molecule has 0 unspecified atom stereocenters. The van der Waals surface area contributed by atoms with Gasteiger partial charge in [-0.25, -0.2) is 0 Å². The van der Waals surface area contributed by atoms with Gasteiger partial charge in [0.1, 0.15) is 0 Å². The summed E-state index contributed by atoms with van der Waals surface area (Å²) in [5.74, 6) is 0.920. The summed E-state index contributed by atoms with van der Waals surface area (Å²) in [6.07, 6.45) is 6.97. The minimum atomic E-state index is 0.507. The molecular formula is C12H23NO2. The monoisotopic (exact) mass is 213 g/mol. The number of hydrogen-bond acceptors (Lipinski definition) is 3. The van der Waals surface area contributed by atoms with E-state index in [1.807, 2.05) is 0 Å². The van der Waals surface area contributed by atoms with Crippen LogP contribution in [0.1, 0.15) is 32.1 Å².